The minimum atomic E-state index is -0.711. The Morgan fingerprint density at radius 2 is 1.25 bits per heavy atom. The summed E-state index contributed by atoms with van der Waals surface area (Å²) in [6.07, 6.45) is 4.90. The highest BCUT2D eigenvalue weighted by molar-refractivity contribution is 5.66. The summed E-state index contributed by atoms with van der Waals surface area (Å²) in [5, 5.41) is 7.91. The summed E-state index contributed by atoms with van der Waals surface area (Å²) in [6, 6.07) is 0. The van der Waals surface area contributed by atoms with E-state index in [1.54, 1.807) is 0 Å². The Hall–Kier alpha value is -0.570. The van der Waals surface area contributed by atoms with Crippen molar-refractivity contribution in [2.24, 2.45) is 0 Å². The van der Waals surface area contributed by atoms with Gasteiger partial charge in [0.15, 0.2) is 0 Å². The van der Waals surface area contributed by atoms with Gasteiger partial charge in [0.05, 0.1) is 0 Å². The molecule has 0 aromatic heterocycles. The predicted molar refractivity (Wildman–Crippen MR) is 69.9 cm³/mol. The summed E-state index contributed by atoms with van der Waals surface area (Å²) in [7, 11) is 0. The Balaban J connectivity index is 0. The number of nitrogens with zero attached hydrogens (tertiary/aromatic N) is 1. The van der Waals surface area contributed by atoms with E-state index in [9.17, 15) is 4.79 Å². The first-order valence-electron chi connectivity index (χ1n) is 6.56. The second-order valence-electron chi connectivity index (χ2n) is 3.99. The summed E-state index contributed by atoms with van der Waals surface area (Å²) in [6.45, 7) is 12.4. The van der Waals surface area contributed by atoms with Gasteiger partial charge in [-0.1, -0.05) is 27.7 Å². The van der Waals surface area contributed by atoms with Gasteiger partial charge in [-0.25, -0.2) is 0 Å². The number of rotatable bonds is 8. The quantitative estimate of drug-likeness (QED) is 0.696. The minimum Gasteiger partial charge on any atom is -0.481 e. The number of aliphatic carboxylic acids is 1. The fourth-order valence-corrected chi connectivity index (χ4v) is 1.50. The van der Waals surface area contributed by atoms with Crippen molar-refractivity contribution in [1.82, 2.24) is 4.90 Å². The maximum absolute atomic E-state index is 9.60. The molecule has 0 rings (SSSR count). The van der Waals surface area contributed by atoms with E-state index in [4.69, 9.17) is 5.11 Å². The van der Waals surface area contributed by atoms with E-state index in [-0.39, 0.29) is 0 Å². The van der Waals surface area contributed by atoms with Gasteiger partial charge in [-0.05, 0) is 45.3 Å². The van der Waals surface area contributed by atoms with Gasteiger partial charge in [0.1, 0.15) is 0 Å². The standard InChI is InChI=1S/C9H21N.C4H8O2/c1-4-7-10(8-5-2)9-6-3;1-2-3-4(5)6/h4-9H2,1-3H3;2-3H2,1H3,(H,5,6). The van der Waals surface area contributed by atoms with E-state index in [0.29, 0.717) is 6.42 Å². The molecule has 0 saturated heterocycles. The van der Waals surface area contributed by atoms with Crippen molar-refractivity contribution in [1.29, 1.82) is 0 Å². The maximum Gasteiger partial charge on any atom is 0.303 e. The zero-order valence-electron chi connectivity index (χ0n) is 11.5. The molecule has 0 aromatic rings. The largest absolute Gasteiger partial charge is 0.481 e. The van der Waals surface area contributed by atoms with Crippen LogP contribution in [0.25, 0.3) is 0 Å². The van der Waals surface area contributed by atoms with Crippen molar-refractivity contribution >= 4 is 5.97 Å². The molecule has 16 heavy (non-hydrogen) atoms. The van der Waals surface area contributed by atoms with Crippen LogP contribution >= 0.6 is 0 Å². The summed E-state index contributed by atoms with van der Waals surface area (Å²) in [5.41, 5.74) is 0. The summed E-state index contributed by atoms with van der Waals surface area (Å²) in [4.78, 5) is 12.1. The van der Waals surface area contributed by atoms with Gasteiger partial charge in [-0.15, -0.1) is 0 Å². The number of carbonyl (C=O) groups is 1. The lowest BCUT2D eigenvalue weighted by molar-refractivity contribution is -0.137. The van der Waals surface area contributed by atoms with E-state index in [1.807, 2.05) is 6.92 Å². The molecule has 0 amide bonds. The van der Waals surface area contributed by atoms with E-state index < -0.39 is 5.97 Å². The molecule has 3 nitrogen and oxygen atoms in total. The topological polar surface area (TPSA) is 40.5 Å². The van der Waals surface area contributed by atoms with Gasteiger partial charge in [-0.2, -0.15) is 0 Å². The number of hydrogen-bond donors (Lipinski definition) is 1. The molecule has 0 radical (unpaired) electrons. The number of hydrogen-bond acceptors (Lipinski definition) is 2. The monoisotopic (exact) mass is 231 g/mol. The molecular weight excluding hydrogens is 202 g/mol. The smallest absolute Gasteiger partial charge is 0.303 e. The Bertz CT molecular complexity index is 135. The van der Waals surface area contributed by atoms with E-state index in [0.717, 1.165) is 6.42 Å². The van der Waals surface area contributed by atoms with Crippen LogP contribution in [0.2, 0.25) is 0 Å². The Kier molecular flexibility index (Phi) is 16.1. The van der Waals surface area contributed by atoms with Gasteiger partial charge in [0, 0.05) is 6.42 Å². The van der Waals surface area contributed by atoms with Gasteiger partial charge in [-0.3, -0.25) is 4.79 Å². The van der Waals surface area contributed by atoms with Gasteiger partial charge < -0.3 is 10.0 Å². The highest BCUT2D eigenvalue weighted by Gasteiger charge is 1.98. The average Bonchev–Trinajstić information content (AvgIpc) is 2.19. The molecule has 0 aromatic carbocycles. The molecule has 98 valence electrons. The van der Waals surface area contributed by atoms with E-state index >= 15 is 0 Å². The molecule has 1 N–H and O–H groups in total. The van der Waals surface area contributed by atoms with Crippen LogP contribution in [-0.4, -0.2) is 35.6 Å². The Morgan fingerprint density at radius 3 is 1.38 bits per heavy atom. The minimum absolute atomic E-state index is 0.292. The van der Waals surface area contributed by atoms with Crippen LogP contribution in [0.1, 0.15) is 59.8 Å². The van der Waals surface area contributed by atoms with Gasteiger partial charge >= 0.3 is 5.97 Å². The Labute approximate surface area is 101 Å². The molecule has 0 aliphatic carbocycles. The van der Waals surface area contributed by atoms with Crippen LogP contribution in [0.15, 0.2) is 0 Å². The van der Waals surface area contributed by atoms with Crippen molar-refractivity contribution in [3.8, 4) is 0 Å². The molecule has 0 saturated carbocycles. The predicted octanol–water partition coefficient (Wildman–Crippen LogP) is 3.39. The highest BCUT2D eigenvalue weighted by Crippen LogP contribution is 1.94. The molecule has 0 bridgehead atoms. The van der Waals surface area contributed by atoms with Crippen molar-refractivity contribution in [3.05, 3.63) is 0 Å². The van der Waals surface area contributed by atoms with Crippen LogP contribution in [0.3, 0.4) is 0 Å². The molecule has 0 unspecified atom stereocenters. The van der Waals surface area contributed by atoms with Crippen LogP contribution < -0.4 is 0 Å². The Morgan fingerprint density at radius 1 is 0.875 bits per heavy atom. The van der Waals surface area contributed by atoms with E-state index in [2.05, 4.69) is 25.7 Å². The van der Waals surface area contributed by atoms with Crippen molar-refractivity contribution in [2.75, 3.05) is 19.6 Å². The normalized spacial score (nSPS) is 9.81. The maximum atomic E-state index is 9.60. The molecule has 0 aliphatic rings. The fourth-order valence-electron chi connectivity index (χ4n) is 1.50. The van der Waals surface area contributed by atoms with E-state index in [1.165, 1.54) is 38.9 Å². The molecule has 0 spiro atoms. The highest BCUT2D eigenvalue weighted by atomic mass is 16.4. The summed E-state index contributed by atoms with van der Waals surface area (Å²) < 4.78 is 0. The third-order valence-corrected chi connectivity index (χ3v) is 2.08. The molecule has 0 fully saturated rings. The second kappa shape index (κ2) is 14.4. The lowest BCUT2D eigenvalue weighted by Crippen LogP contribution is -2.25. The first-order valence-corrected chi connectivity index (χ1v) is 6.56. The third kappa shape index (κ3) is 15.9. The van der Waals surface area contributed by atoms with Gasteiger partial charge in [0.25, 0.3) is 0 Å². The van der Waals surface area contributed by atoms with Crippen molar-refractivity contribution in [3.63, 3.8) is 0 Å². The van der Waals surface area contributed by atoms with Crippen LogP contribution in [-0.2, 0) is 4.79 Å². The zero-order chi connectivity index (χ0) is 12.8. The van der Waals surface area contributed by atoms with Crippen molar-refractivity contribution < 1.29 is 9.90 Å². The molecular formula is C13H29NO2. The molecule has 0 atom stereocenters. The molecule has 0 heterocycles. The van der Waals surface area contributed by atoms with Gasteiger partial charge in [0.2, 0.25) is 0 Å². The van der Waals surface area contributed by atoms with Crippen molar-refractivity contribution in [2.45, 2.75) is 59.8 Å². The lowest BCUT2D eigenvalue weighted by atomic mass is 10.3. The number of carboxylic acid groups (broad SMARTS) is 1. The average molecular weight is 231 g/mol. The van der Waals surface area contributed by atoms with Crippen LogP contribution in [0.5, 0.6) is 0 Å². The second-order valence-corrected chi connectivity index (χ2v) is 3.99. The first kappa shape index (κ1) is 17.8. The fraction of sp³-hybridized carbons (Fsp3) is 0.923. The molecule has 3 heteroatoms. The first-order chi connectivity index (χ1) is 7.62. The SMILES string of the molecule is CCCC(=O)O.CCCN(CCC)CCC. The van der Waals surface area contributed by atoms with Crippen LogP contribution in [0, 0.1) is 0 Å². The lowest BCUT2D eigenvalue weighted by Gasteiger charge is -2.19. The molecule has 0 aliphatic heterocycles. The van der Waals surface area contributed by atoms with Crippen LogP contribution in [0.4, 0.5) is 0 Å². The summed E-state index contributed by atoms with van der Waals surface area (Å²) >= 11 is 0. The summed E-state index contributed by atoms with van der Waals surface area (Å²) in [5.74, 6) is -0.711. The third-order valence-electron chi connectivity index (χ3n) is 2.08. The number of carboxylic acids is 1. The zero-order valence-corrected chi connectivity index (χ0v) is 11.5.